The number of nitrogens with one attached hydrogen (secondary N) is 1. The van der Waals surface area contributed by atoms with Crippen molar-refractivity contribution >= 4 is 16.5 Å². The molecule has 4 nitrogen and oxygen atoms in total. The van der Waals surface area contributed by atoms with E-state index in [1.807, 2.05) is 24.3 Å². The SMILES string of the molecule is CCN1c2cccc3c(=O)[nH]nc(c23)C(c2ccccc2)C1c1ccccc1. The van der Waals surface area contributed by atoms with E-state index in [2.05, 4.69) is 76.6 Å². The maximum atomic E-state index is 12.5. The molecule has 5 rings (SSSR count). The van der Waals surface area contributed by atoms with Crippen molar-refractivity contribution in [3.05, 3.63) is 106 Å². The van der Waals surface area contributed by atoms with Crippen LogP contribution in [-0.2, 0) is 0 Å². The highest BCUT2D eigenvalue weighted by Gasteiger charge is 2.38. The fraction of sp³-hybridized carbons (Fsp3) is 0.167. The number of benzene rings is 3. The summed E-state index contributed by atoms with van der Waals surface area (Å²) in [5.41, 5.74) is 4.32. The summed E-state index contributed by atoms with van der Waals surface area (Å²) in [5.74, 6) is 0.0257. The third-order valence-electron chi connectivity index (χ3n) is 5.72. The minimum atomic E-state index is -0.137. The highest BCUT2D eigenvalue weighted by atomic mass is 16.1. The van der Waals surface area contributed by atoms with E-state index in [4.69, 9.17) is 0 Å². The van der Waals surface area contributed by atoms with Crippen LogP contribution in [0.2, 0.25) is 0 Å². The smallest absolute Gasteiger partial charge is 0.272 e. The maximum Gasteiger partial charge on any atom is 0.272 e. The quantitative estimate of drug-likeness (QED) is 0.574. The zero-order valence-corrected chi connectivity index (χ0v) is 15.7. The summed E-state index contributed by atoms with van der Waals surface area (Å²) in [6.07, 6.45) is 0. The van der Waals surface area contributed by atoms with Crippen molar-refractivity contribution in [3.8, 4) is 0 Å². The van der Waals surface area contributed by atoms with Crippen molar-refractivity contribution in [2.24, 2.45) is 0 Å². The number of likely N-dealkylation sites (N-methyl/N-ethyl adjacent to an activating group) is 1. The molecule has 4 aromatic rings. The van der Waals surface area contributed by atoms with Gasteiger partial charge in [0.25, 0.3) is 5.56 Å². The van der Waals surface area contributed by atoms with Crippen LogP contribution in [0.5, 0.6) is 0 Å². The summed E-state index contributed by atoms with van der Waals surface area (Å²) in [6.45, 7) is 3.01. The summed E-state index contributed by atoms with van der Waals surface area (Å²) < 4.78 is 0. The Labute approximate surface area is 163 Å². The Morgan fingerprint density at radius 1 is 0.893 bits per heavy atom. The van der Waals surface area contributed by atoms with E-state index in [0.29, 0.717) is 5.39 Å². The van der Waals surface area contributed by atoms with Crippen LogP contribution in [0.4, 0.5) is 5.69 Å². The molecule has 0 aliphatic carbocycles. The summed E-state index contributed by atoms with van der Waals surface area (Å²) in [6, 6.07) is 27.1. The summed E-state index contributed by atoms with van der Waals surface area (Å²) >= 11 is 0. The van der Waals surface area contributed by atoms with Crippen molar-refractivity contribution in [2.75, 3.05) is 11.4 Å². The molecule has 138 valence electrons. The molecular weight excluding hydrogens is 346 g/mol. The molecule has 0 amide bonds. The van der Waals surface area contributed by atoms with Gasteiger partial charge in [-0.25, -0.2) is 5.10 Å². The van der Waals surface area contributed by atoms with Gasteiger partial charge < -0.3 is 4.90 Å². The van der Waals surface area contributed by atoms with E-state index in [9.17, 15) is 4.79 Å². The fourth-order valence-corrected chi connectivity index (χ4v) is 4.56. The van der Waals surface area contributed by atoms with Gasteiger partial charge in [-0.2, -0.15) is 5.10 Å². The first-order valence-corrected chi connectivity index (χ1v) is 9.67. The van der Waals surface area contributed by atoms with Gasteiger partial charge in [-0.05, 0) is 30.2 Å². The molecule has 1 aliphatic rings. The van der Waals surface area contributed by atoms with Crippen LogP contribution in [0.25, 0.3) is 10.8 Å². The van der Waals surface area contributed by atoms with Crippen molar-refractivity contribution in [2.45, 2.75) is 18.9 Å². The number of anilines is 1. The van der Waals surface area contributed by atoms with Crippen LogP contribution >= 0.6 is 0 Å². The van der Waals surface area contributed by atoms with Gasteiger partial charge in [0.15, 0.2) is 0 Å². The number of aromatic amines is 1. The van der Waals surface area contributed by atoms with E-state index in [1.54, 1.807) is 0 Å². The molecule has 2 unspecified atom stereocenters. The standard InChI is InChI=1S/C24H21N3O/c1-2-27-19-15-9-14-18-21(19)22(25-26-24(18)28)20(16-10-5-3-6-11-16)23(27)17-12-7-4-8-13-17/h3-15,20,23H,2H2,1H3,(H,26,28). The number of nitrogens with zero attached hydrogens (tertiary/aromatic N) is 2. The third kappa shape index (κ3) is 2.45. The maximum absolute atomic E-state index is 12.5. The van der Waals surface area contributed by atoms with Gasteiger partial charge in [-0.1, -0.05) is 66.7 Å². The third-order valence-corrected chi connectivity index (χ3v) is 5.72. The number of hydrogen-bond acceptors (Lipinski definition) is 3. The van der Waals surface area contributed by atoms with E-state index < -0.39 is 0 Å². The number of rotatable bonds is 3. The van der Waals surface area contributed by atoms with Crippen LogP contribution in [0.1, 0.15) is 35.7 Å². The molecule has 28 heavy (non-hydrogen) atoms. The minimum absolute atomic E-state index is 0.0257. The van der Waals surface area contributed by atoms with Crippen molar-refractivity contribution < 1.29 is 0 Å². The van der Waals surface area contributed by atoms with Crippen molar-refractivity contribution in [3.63, 3.8) is 0 Å². The summed E-state index contributed by atoms with van der Waals surface area (Å²) in [4.78, 5) is 14.9. The van der Waals surface area contributed by atoms with Crippen LogP contribution < -0.4 is 10.5 Å². The normalized spacial score (nSPS) is 18.4. The largest absolute Gasteiger partial charge is 0.363 e. The lowest BCUT2D eigenvalue weighted by molar-refractivity contribution is 0.545. The second-order valence-electron chi connectivity index (χ2n) is 7.17. The first-order valence-electron chi connectivity index (χ1n) is 9.67. The zero-order chi connectivity index (χ0) is 19.1. The molecule has 0 fully saturated rings. The lowest BCUT2D eigenvalue weighted by Gasteiger charge is -2.43. The lowest BCUT2D eigenvalue weighted by atomic mass is 9.78. The average molecular weight is 367 g/mol. The minimum Gasteiger partial charge on any atom is -0.363 e. The first kappa shape index (κ1) is 16.8. The molecule has 1 aromatic heterocycles. The van der Waals surface area contributed by atoms with Gasteiger partial charge in [0, 0.05) is 17.6 Å². The summed E-state index contributed by atoms with van der Waals surface area (Å²) in [5, 5.41) is 8.98. The molecule has 0 saturated heterocycles. The van der Waals surface area contributed by atoms with Crippen LogP contribution in [0, 0.1) is 0 Å². The zero-order valence-electron chi connectivity index (χ0n) is 15.7. The second kappa shape index (κ2) is 6.64. The Morgan fingerprint density at radius 2 is 1.57 bits per heavy atom. The fourth-order valence-electron chi connectivity index (χ4n) is 4.56. The van der Waals surface area contributed by atoms with Gasteiger partial charge in [0.1, 0.15) is 0 Å². The van der Waals surface area contributed by atoms with Crippen LogP contribution in [-0.4, -0.2) is 16.7 Å². The second-order valence-corrected chi connectivity index (χ2v) is 7.17. The van der Waals surface area contributed by atoms with Gasteiger partial charge in [-0.15, -0.1) is 0 Å². The molecule has 0 spiro atoms. The first-order chi connectivity index (χ1) is 13.8. The van der Waals surface area contributed by atoms with Gasteiger partial charge in [0.2, 0.25) is 0 Å². The van der Waals surface area contributed by atoms with Crippen molar-refractivity contribution in [1.82, 2.24) is 10.2 Å². The summed E-state index contributed by atoms with van der Waals surface area (Å²) in [7, 11) is 0. The van der Waals surface area contributed by atoms with Crippen LogP contribution in [0.3, 0.4) is 0 Å². The number of aromatic nitrogens is 2. The Bertz CT molecular complexity index is 1180. The average Bonchev–Trinajstić information content (AvgIpc) is 2.76. The molecule has 0 bridgehead atoms. The van der Waals surface area contributed by atoms with Crippen molar-refractivity contribution in [1.29, 1.82) is 0 Å². The molecule has 1 aliphatic heterocycles. The Balaban J connectivity index is 1.88. The highest BCUT2D eigenvalue weighted by Crippen LogP contribution is 2.49. The van der Waals surface area contributed by atoms with Gasteiger partial charge in [0.05, 0.1) is 23.0 Å². The molecule has 2 heterocycles. The topological polar surface area (TPSA) is 49.0 Å². The number of hydrogen-bond donors (Lipinski definition) is 1. The van der Waals surface area contributed by atoms with Crippen LogP contribution in [0.15, 0.2) is 83.7 Å². The predicted octanol–water partition coefficient (Wildman–Crippen LogP) is 4.64. The van der Waals surface area contributed by atoms with E-state index in [-0.39, 0.29) is 17.5 Å². The number of H-pyrrole nitrogens is 1. The van der Waals surface area contributed by atoms with E-state index in [0.717, 1.165) is 23.3 Å². The molecule has 4 heteroatoms. The Morgan fingerprint density at radius 3 is 2.25 bits per heavy atom. The predicted molar refractivity (Wildman–Crippen MR) is 113 cm³/mol. The Hall–Kier alpha value is -3.40. The molecule has 1 N–H and O–H groups in total. The molecular formula is C24H21N3O. The van der Waals surface area contributed by atoms with Gasteiger partial charge >= 0.3 is 0 Å². The molecule has 0 radical (unpaired) electrons. The Kier molecular flexibility index (Phi) is 3.97. The van der Waals surface area contributed by atoms with Gasteiger partial charge in [-0.3, -0.25) is 4.79 Å². The lowest BCUT2D eigenvalue weighted by Crippen LogP contribution is -2.37. The monoisotopic (exact) mass is 367 g/mol. The highest BCUT2D eigenvalue weighted by molar-refractivity contribution is 5.97. The molecule has 2 atom stereocenters. The van der Waals surface area contributed by atoms with E-state index >= 15 is 0 Å². The van der Waals surface area contributed by atoms with E-state index in [1.165, 1.54) is 11.1 Å². The molecule has 3 aromatic carbocycles. The molecule has 0 saturated carbocycles.